The van der Waals surface area contributed by atoms with Crippen LogP contribution < -0.4 is 10.1 Å². The van der Waals surface area contributed by atoms with Gasteiger partial charge in [0.05, 0.1) is 6.54 Å². The van der Waals surface area contributed by atoms with Gasteiger partial charge in [-0.15, -0.1) is 0 Å². The summed E-state index contributed by atoms with van der Waals surface area (Å²) in [4.78, 5) is 14.2. The molecule has 22 heavy (non-hydrogen) atoms. The van der Waals surface area contributed by atoms with E-state index in [-0.39, 0.29) is 18.3 Å². The first-order chi connectivity index (χ1) is 10.6. The Morgan fingerprint density at radius 3 is 2.68 bits per heavy atom. The van der Waals surface area contributed by atoms with Crippen LogP contribution in [0.25, 0.3) is 0 Å². The van der Waals surface area contributed by atoms with Crippen LogP contribution in [0.4, 0.5) is 4.39 Å². The summed E-state index contributed by atoms with van der Waals surface area (Å²) in [6.45, 7) is 2.14. The van der Waals surface area contributed by atoms with Crippen LogP contribution in [-0.4, -0.2) is 56.8 Å². The molecule has 1 aliphatic rings. The number of likely N-dealkylation sites (N-methyl/N-ethyl adjacent to an activating group) is 1. The van der Waals surface area contributed by atoms with Crippen molar-refractivity contribution in [3.63, 3.8) is 0 Å². The highest BCUT2D eigenvalue weighted by Gasteiger charge is 2.41. The highest BCUT2D eigenvalue weighted by atomic mass is 19.1. The number of carbonyl (C=O) groups is 1. The Labute approximate surface area is 130 Å². The molecule has 0 atom stereocenters. The number of carbonyl (C=O) groups excluding carboxylic acids is 1. The van der Waals surface area contributed by atoms with E-state index in [0.717, 1.165) is 13.1 Å². The van der Waals surface area contributed by atoms with Crippen molar-refractivity contribution < 1.29 is 18.7 Å². The lowest BCUT2D eigenvalue weighted by atomic mass is 9.90. The Kier molecular flexibility index (Phi) is 5.74. The number of rotatable bonds is 6. The molecule has 0 saturated carbocycles. The molecule has 1 fully saturated rings. The summed E-state index contributed by atoms with van der Waals surface area (Å²) in [6.07, 6.45) is 1.31. The van der Waals surface area contributed by atoms with Gasteiger partial charge in [-0.25, -0.2) is 4.39 Å². The highest BCUT2D eigenvalue weighted by Crippen LogP contribution is 2.24. The van der Waals surface area contributed by atoms with Gasteiger partial charge in [0, 0.05) is 14.2 Å². The predicted molar refractivity (Wildman–Crippen MR) is 81.4 cm³/mol. The number of para-hydroxylation sites is 1. The molecular weight excluding hydrogens is 287 g/mol. The Hall–Kier alpha value is -1.66. The maximum atomic E-state index is 13.4. The maximum Gasteiger partial charge on any atom is 0.254 e. The molecule has 5 nitrogen and oxygen atoms in total. The summed E-state index contributed by atoms with van der Waals surface area (Å²) in [5.41, 5.74) is -0.752. The van der Waals surface area contributed by atoms with Crippen LogP contribution in [-0.2, 0) is 9.53 Å². The van der Waals surface area contributed by atoms with E-state index >= 15 is 0 Å². The third-order valence-corrected chi connectivity index (χ3v) is 4.06. The number of nitrogens with one attached hydrogen (secondary N) is 1. The van der Waals surface area contributed by atoms with Crippen LogP contribution >= 0.6 is 0 Å². The minimum absolute atomic E-state index is 0.0476. The van der Waals surface area contributed by atoms with Crippen molar-refractivity contribution in [2.75, 3.05) is 40.4 Å². The van der Waals surface area contributed by atoms with E-state index in [1.807, 2.05) is 0 Å². The van der Waals surface area contributed by atoms with Gasteiger partial charge in [-0.2, -0.15) is 0 Å². The first-order valence-corrected chi connectivity index (χ1v) is 7.48. The number of halogens is 1. The van der Waals surface area contributed by atoms with Crippen molar-refractivity contribution >= 4 is 5.91 Å². The monoisotopic (exact) mass is 310 g/mol. The molecule has 0 aromatic heterocycles. The number of piperidine rings is 1. The van der Waals surface area contributed by atoms with Gasteiger partial charge in [-0.3, -0.25) is 4.79 Å². The van der Waals surface area contributed by atoms with E-state index in [1.54, 1.807) is 37.3 Å². The summed E-state index contributed by atoms with van der Waals surface area (Å²) in [7, 11) is 3.29. The zero-order valence-electron chi connectivity index (χ0n) is 13.1. The van der Waals surface area contributed by atoms with Gasteiger partial charge >= 0.3 is 0 Å². The number of hydrogen-bond donors (Lipinski definition) is 1. The molecule has 0 bridgehead atoms. The summed E-state index contributed by atoms with van der Waals surface area (Å²) in [5.74, 6) is -0.247. The molecule has 1 heterocycles. The minimum Gasteiger partial charge on any atom is -0.489 e. The summed E-state index contributed by atoms with van der Waals surface area (Å²) >= 11 is 0. The second kappa shape index (κ2) is 7.56. The van der Waals surface area contributed by atoms with Crippen molar-refractivity contribution in [2.24, 2.45) is 0 Å². The molecule has 1 N–H and O–H groups in total. The van der Waals surface area contributed by atoms with E-state index in [4.69, 9.17) is 9.47 Å². The molecule has 0 unspecified atom stereocenters. The van der Waals surface area contributed by atoms with Gasteiger partial charge in [0.25, 0.3) is 5.91 Å². The average molecular weight is 310 g/mol. The molecule has 6 heteroatoms. The van der Waals surface area contributed by atoms with Gasteiger partial charge in [0.1, 0.15) is 12.2 Å². The predicted octanol–water partition coefficient (Wildman–Crippen LogP) is 1.43. The van der Waals surface area contributed by atoms with Gasteiger partial charge in [-0.05, 0) is 38.1 Å². The van der Waals surface area contributed by atoms with Crippen molar-refractivity contribution in [2.45, 2.75) is 18.4 Å². The molecule has 1 aromatic carbocycles. The smallest absolute Gasteiger partial charge is 0.254 e. The van der Waals surface area contributed by atoms with E-state index in [1.165, 1.54) is 6.07 Å². The highest BCUT2D eigenvalue weighted by molar-refractivity contribution is 5.85. The lowest BCUT2D eigenvalue weighted by molar-refractivity contribution is -0.157. The standard InChI is InChI=1S/C16H23FN2O3/c1-19(11-12-22-14-6-4-3-5-13(14)17)15(20)16(21-2)7-9-18-10-8-16/h3-6,18H,7-12H2,1-2H3. The van der Waals surface area contributed by atoms with E-state index in [2.05, 4.69) is 5.32 Å². The van der Waals surface area contributed by atoms with E-state index in [9.17, 15) is 9.18 Å². The van der Waals surface area contributed by atoms with Gasteiger partial charge in [-0.1, -0.05) is 12.1 Å². The van der Waals surface area contributed by atoms with E-state index in [0.29, 0.717) is 19.4 Å². The van der Waals surface area contributed by atoms with Gasteiger partial charge < -0.3 is 19.7 Å². The number of methoxy groups -OCH3 is 1. The second-order valence-electron chi connectivity index (χ2n) is 5.45. The number of ether oxygens (including phenoxy) is 2. The normalized spacial score (nSPS) is 17.0. The van der Waals surface area contributed by atoms with Crippen molar-refractivity contribution in [3.05, 3.63) is 30.1 Å². The number of nitrogens with zero attached hydrogens (tertiary/aromatic N) is 1. The first kappa shape index (κ1) is 16.7. The fourth-order valence-electron chi connectivity index (χ4n) is 2.64. The molecular formula is C16H23FN2O3. The fraction of sp³-hybridized carbons (Fsp3) is 0.562. The number of hydrogen-bond acceptors (Lipinski definition) is 4. The molecule has 1 amide bonds. The second-order valence-corrected chi connectivity index (χ2v) is 5.45. The SMILES string of the molecule is COC1(C(=O)N(C)CCOc2ccccc2F)CCNCC1. The lowest BCUT2D eigenvalue weighted by Gasteiger charge is -2.37. The summed E-state index contributed by atoms with van der Waals surface area (Å²) in [5, 5.41) is 3.22. The molecule has 1 aliphatic heterocycles. The Balaban J connectivity index is 1.87. The Morgan fingerprint density at radius 1 is 1.36 bits per heavy atom. The van der Waals surface area contributed by atoms with Crippen LogP contribution in [0.5, 0.6) is 5.75 Å². The van der Waals surface area contributed by atoms with Crippen molar-refractivity contribution in [1.29, 1.82) is 0 Å². The Bertz CT molecular complexity index is 504. The zero-order chi connectivity index (χ0) is 16.0. The average Bonchev–Trinajstić information content (AvgIpc) is 2.56. The van der Waals surface area contributed by atoms with Crippen LogP contribution in [0.2, 0.25) is 0 Å². The molecule has 1 saturated heterocycles. The molecule has 0 aliphatic carbocycles. The summed E-state index contributed by atoms with van der Waals surface area (Å²) < 4.78 is 24.3. The third kappa shape index (κ3) is 3.75. The largest absolute Gasteiger partial charge is 0.489 e. The maximum absolute atomic E-state index is 13.4. The third-order valence-electron chi connectivity index (χ3n) is 4.06. The quantitative estimate of drug-likeness (QED) is 0.864. The van der Waals surface area contributed by atoms with Crippen LogP contribution in [0, 0.1) is 5.82 Å². The van der Waals surface area contributed by atoms with Crippen molar-refractivity contribution in [1.82, 2.24) is 10.2 Å². The van der Waals surface area contributed by atoms with Gasteiger partial charge in [0.2, 0.25) is 0 Å². The van der Waals surface area contributed by atoms with E-state index < -0.39 is 11.4 Å². The fourth-order valence-corrected chi connectivity index (χ4v) is 2.64. The number of benzene rings is 1. The van der Waals surface area contributed by atoms with Crippen LogP contribution in [0.15, 0.2) is 24.3 Å². The van der Waals surface area contributed by atoms with Crippen LogP contribution in [0.1, 0.15) is 12.8 Å². The zero-order valence-corrected chi connectivity index (χ0v) is 13.1. The molecule has 0 spiro atoms. The molecule has 2 rings (SSSR count). The molecule has 122 valence electrons. The Morgan fingerprint density at radius 2 is 2.05 bits per heavy atom. The summed E-state index contributed by atoms with van der Waals surface area (Å²) in [6, 6.07) is 6.24. The molecule has 0 radical (unpaired) electrons. The van der Waals surface area contributed by atoms with Crippen LogP contribution in [0.3, 0.4) is 0 Å². The first-order valence-electron chi connectivity index (χ1n) is 7.48. The van der Waals surface area contributed by atoms with Gasteiger partial charge in [0.15, 0.2) is 11.6 Å². The van der Waals surface area contributed by atoms with Crippen molar-refractivity contribution in [3.8, 4) is 5.75 Å². The lowest BCUT2D eigenvalue weighted by Crippen LogP contribution is -2.55. The minimum atomic E-state index is -0.752. The molecule has 1 aromatic rings. The number of amides is 1. The topological polar surface area (TPSA) is 50.8 Å².